The lowest BCUT2D eigenvalue weighted by Gasteiger charge is -2.32. The third kappa shape index (κ3) is 6.21. The van der Waals surface area contributed by atoms with Gasteiger partial charge in [0.2, 0.25) is 5.82 Å². The van der Waals surface area contributed by atoms with Crippen LogP contribution >= 0.6 is 0 Å². The molecule has 166 valence electrons. The molecule has 3 aromatic rings. The third-order valence-electron chi connectivity index (χ3n) is 3.77. The van der Waals surface area contributed by atoms with Gasteiger partial charge in [-0.1, -0.05) is 0 Å². The predicted octanol–water partition coefficient (Wildman–Crippen LogP) is 1.98. The number of ether oxygens (including phenoxy) is 2. The van der Waals surface area contributed by atoms with Crippen LogP contribution in [-0.4, -0.2) is 60.2 Å². The number of aromatic nitrogens is 4. The zero-order valence-corrected chi connectivity index (χ0v) is 17.0. The molecule has 0 unspecified atom stereocenters. The first kappa shape index (κ1) is 22.6. The number of nitrogens with two attached hydrogens (primary N) is 1. The van der Waals surface area contributed by atoms with Crippen molar-refractivity contribution < 1.29 is 31.6 Å². The van der Waals surface area contributed by atoms with Gasteiger partial charge in [0.05, 0.1) is 12.4 Å². The number of hydrogen-bond acceptors (Lipinski definition) is 8. The molecule has 9 nitrogen and oxygen atoms in total. The van der Waals surface area contributed by atoms with Crippen molar-refractivity contribution in [3.05, 3.63) is 42.2 Å². The molecule has 0 aromatic carbocycles. The summed E-state index contributed by atoms with van der Waals surface area (Å²) in [5, 5.41) is 3.88. The summed E-state index contributed by atoms with van der Waals surface area (Å²) in [5.74, 6) is 0.377. The molecular weight excluding hydrogens is 439 g/mol. The van der Waals surface area contributed by atoms with Gasteiger partial charge in [-0.25, -0.2) is 27.7 Å². The van der Waals surface area contributed by atoms with E-state index < -0.39 is 29.6 Å². The number of nitrogens with zero attached hydrogens (tertiary/aromatic N) is 4. The summed E-state index contributed by atoms with van der Waals surface area (Å²) in [6.07, 6.45) is 0.0282. The second-order valence-corrected chi connectivity index (χ2v) is 8.36. The van der Waals surface area contributed by atoms with E-state index in [-0.39, 0.29) is 28.7 Å². The lowest BCUT2D eigenvalue weighted by atomic mass is 10.1. The van der Waals surface area contributed by atoms with Crippen LogP contribution in [0.4, 0.5) is 13.2 Å². The molecule has 0 saturated carbocycles. The Labute approximate surface area is 176 Å². The molecular formula is C18H18F3N5O4S. The number of aldehydes is 1. The molecule has 1 fully saturated rings. The molecule has 4 heterocycles. The Morgan fingerprint density at radius 2 is 2.13 bits per heavy atom. The summed E-state index contributed by atoms with van der Waals surface area (Å²) in [5.41, 5.74) is 5.82. The fraction of sp³-hybridized carbons (Fsp3) is 0.333. The molecule has 0 bridgehead atoms. The molecule has 1 saturated heterocycles. The lowest BCUT2D eigenvalue weighted by molar-refractivity contribution is 0.0802. The summed E-state index contributed by atoms with van der Waals surface area (Å²) in [7, 11) is -0.586. The SMILES string of the molecule is CC1(N)CS(=O)C1.O=Cc1nc2ccc(Oc3ncc(F)cc3OCC(F)F)cn2n1. The number of halogens is 3. The van der Waals surface area contributed by atoms with Crippen LogP contribution in [-0.2, 0) is 10.8 Å². The Morgan fingerprint density at radius 3 is 2.71 bits per heavy atom. The van der Waals surface area contributed by atoms with Crippen molar-refractivity contribution in [2.45, 2.75) is 18.9 Å². The molecule has 0 amide bonds. The van der Waals surface area contributed by atoms with Gasteiger partial charge >= 0.3 is 0 Å². The van der Waals surface area contributed by atoms with E-state index in [1.54, 1.807) is 0 Å². The molecule has 13 heteroatoms. The fourth-order valence-electron chi connectivity index (χ4n) is 2.54. The van der Waals surface area contributed by atoms with Gasteiger partial charge in [-0.15, -0.1) is 5.10 Å². The predicted molar refractivity (Wildman–Crippen MR) is 105 cm³/mol. The van der Waals surface area contributed by atoms with Crippen molar-refractivity contribution in [1.82, 2.24) is 19.6 Å². The van der Waals surface area contributed by atoms with Gasteiger partial charge in [-0.2, -0.15) is 0 Å². The second kappa shape index (κ2) is 9.39. The first-order valence-electron chi connectivity index (χ1n) is 8.85. The van der Waals surface area contributed by atoms with Gasteiger partial charge in [-0.05, 0) is 19.1 Å². The van der Waals surface area contributed by atoms with Crippen LogP contribution in [0.3, 0.4) is 0 Å². The van der Waals surface area contributed by atoms with Crippen LogP contribution in [0.25, 0.3) is 5.65 Å². The molecule has 4 rings (SSSR count). The molecule has 0 spiro atoms. The van der Waals surface area contributed by atoms with Crippen molar-refractivity contribution in [3.8, 4) is 17.4 Å². The maximum absolute atomic E-state index is 13.2. The van der Waals surface area contributed by atoms with Crippen LogP contribution in [0.15, 0.2) is 30.6 Å². The smallest absolute Gasteiger partial charge is 0.272 e. The Morgan fingerprint density at radius 1 is 1.39 bits per heavy atom. The number of carbonyl (C=O) groups is 1. The number of fused-ring (bicyclic) bond motifs is 1. The molecule has 31 heavy (non-hydrogen) atoms. The van der Waals surface area contributed by atoms with E-state index in [1.807, 2.05) is 6.92 Å². The normalized spacial score (nSPS) is 20.0. The number of alkyl halides is 2. The van der Waals surface area contributed by atoms with E-state index in [1.165, 1.54) is 22.8 Å². The molecule has 1 aliphatic heterocycles. The zero-order chi connectivity index (χ0) is 22.6. The van der Waals surface area contributed by atoms with Gasteiger partial charge in [0.25, 0.3) is 12.3 Å². The summed E-state index contributed by atoms with van der Waals surface area (Å²) in [4.78, 5) is 18.3. The zero-order valence-electron chi connectivity index (χ0n) is 16.2. The average molecular weight is 457 g/mol. The average Bonchev–Trinajstić information content (AvgIpc) is 3.09. The van der Waals surface area contributed by atoms with Crippen LogP contribution in [0.2, 0.25) is 0 Å². The quantitative estimate of drug-likeness (QED) is 0.558. The van der Waals surface area contributed by atoms with E-state index in [0.29, 0.717) is 23.4 Å². The summed E-state index contributed by atoms with van der Waals surface area (Å²) in [6, 6.07) is 3.92. The fourth-order valence-corrected chi connectivity index (χ4v) is 3.92. The minimum atomic E-state index is -2.73. The van der Waals surface area contributed by atoms with Crippen LogP contribution in [0.1, 0.15) is 17.5 Å². The summed E-state index contributed by atoms with van der Waals surface area (Å²) in [6.45, 7) is 1.00. The molecule has 2 N–H and O–H groups in total. The Balaban J connectivity index is 0.000000330. The van der Waals surface area contributed by atoms with E-state index in [4.69, 9.17) is 15.2 Å². The standard InChI is InChI=1S/C14H9F3N4O3.C4H9NOS/c15-8-3-10(23-7-11(16)17)14(18-4-8)24-9-1-2-13-19-12(6-22)20-21(13)5-9;1-4(5)2-7(6)3-4/h1-6,11H,7H2;2-3,5H2,1H3. The second-order valence-electron chi connectivity index (χ2n) is 6.90. The topological polar surface area (TPSA) is 122 Å². The van der Waals surface area contributed by atoms with E-state index in [2.05, 4.69) is 15.1 Å². The molecule has 0 aliphatic carbocycles. The minimum Gasteiger partial charge on any atom is -0.482 e. The monoisotopic (exact) mass is 457 g/mol. The highest BCUT2D eigenvalue weighted by Crippen LogP contribution is 2.30. The number of pyridine rings is 2. The number of hydrogen-bond donors (Lipinski definition) is 1. The van der Waals surface area contributed by atoms with E-state index in [0.717, 1.165) is 12.3 Å². The summed E-state index contributed by atoms with van der Waals surface area (Å²) >= 11 is 0. The third-order valence-corrected chi connectivity index (χ3v) is 5.73. The van der Waals surface area contributed by atoms with Crippen molar-refractivity contribution >= 4 is 22.7 Å². The van der Waals surface area contributed by atoms with Gasteiger partial charge < -0.3 is 15.2 Å². The van der Waals surface area contributed by atoms with Crippen LogP contribution in [0.5, 0.6) is 17.4 Å². The Kier molecular flexibility index (Phi) is 6.85. The molecule has 3 aromatic heterocycles. The first-order chi connectivity index (χ1) is 14.6. The van der Waals surface area contributed by atoms with Crippen molar-refractivity contribution in [2.24, 2.45) is 5.73 Å². The van der Waals surface area contributed by atoms with Crippen molar-refractivity contribution in [2.75, 3.05) is 18.1 Å². The van der Waals surface area contributed by atoms with Gasteiger partial charge in [-0.3, -0.25) is 9.00 Å². The van der Waals surface area contributed by atoms with Gasteiger partial charge in [0.1, 0.15) is 18.2 Å². The Hall–Kier alpha value is -3.06. The van der Waals surface area contributed by atoms with Crippen molar-refractivity contribution in [1.29, 1.82) is 0 Å². The highest BCUT2D eigenvalue weighted by Gasteiger charge is 2.33. The molecule has 0 atom stereocenters. The van der Waals surface area contributed by atoms with E-state index in [9.17, 15) is 22.2 Å². The maximum Gasteiger partial charge on any atom is 0.272 e. The van der Waals surface area contributed by atoms with Crippen LogP contribution < -0.4 is 15.2 Å². The van der Waals surface area contributed by atoms with E-state index >= 15 is 0 Å². The highest BCUT2D eigenvalue weighted by molar-refractivity contribution is 7.86. The largest absolute Gasteiger partial charge is 0.482 e. The van der Waals surface area contributed by atoms with Gasteiger partial charge in [0.15, 0.2) is 17.7 Å². The summed E-state index contributed by atoms with van der Waals surface area (Å²) < 4.78 is 59.6. The van der Waals surface area contributed by atoms with Crippen molar-refractivity contribution in [3.63, 3.8) is 0 Å². The maximum atomic E-state index is 13.2. The highest BCUT2D eigenvalue weighted by atomic mass is 32.2. The van der Waals surface area contributed by atoms with Crippen LogP contribution in [0, 0.1) is 5.82 Å². The first-order valence-corrected chi connectivity index (χ1v) is 10.3. The molecule has 1 aliphatic rings. The Bertz CT molecular complexity index is 1100. The minimum absolute atomic E-state index is 0.00647. The van der Waals surface area contributed by atoms with Gasteiger partial charge in [0, 0.05) is 33.9 Å². The molecule has 0 radical (unpaired) electrons. The number of carbonyl (C=O) groups excluding carboxylic acids is 1. The number of rotatable bonds is 6. The lowest BCUT2D eigenvalue weighted by Crippen LogP contribution is -2.56.